The maximum atomic E-state index is 11.7. The highest BCUT2D eigenvalue weighted by Crippen LogP contribution is 2.26. The number of nitrogens with zero attached hydrogens (tertiary/aromatic N) is 2. The Morgan fingerprint density at radius 1 is 0.900 bits per heavy atom. The number of anilines is 1. The molecule has 0 aliphatic carbocycles. The number of amides is 2. The fourth-order valence-corrected chi connectivity index (χ4v) is 3.51. The summed E-state index contributed by atoms with van der Waals surface area (Å²) in [5, 5.41) is 7.43. The van der Waals surface area contributed by atoms with Gasteiger partial charge in [-0.25, -0.2) is 9.97 Å². The second-order valence-electron chi connectivity index (χ2n) is 7.31. The van der Waals surface area contributed by atoms with E-state index in [1.807, 2.05) is 61.5 Å². The van der Waals surface area contributed by atoms with E-state index in [1.54, 1.807) is 7.05 Å². The number of carbonyl (C=O) groups excluding carboxylic acids is 2. The summed E-state index contributed by atoms with van der Waals surface area (Å²) in [5.41, 5.74) is 5.99. The van der Waals surface area contributed by atoms with Gasteiger partial charge in [-0.3, -0.25) is 9.59 Å². The first-order chi connectivity index (χ1) is 14.4. The second-order valence-corrected chi connectivity index (χ2v) is 7.31. The van der Waals surface area contributed by atoms with Gasteiger partial charge in [-0.1, -0.05) is 18.2 Å². The number of rotatable bonds is 4. The van der Waals surface area contributed by atoms with Crippen molar-refractivity contribution in [2.45, 2.75) is 20.3 Å². The molecule has 0 saturated heterocycles. The van der Waals surface area contributed by atoms with Crippen LogP contribution in [0.2, 0.25) is 0 Å². The lowest BCUT2D eigenvalue weighted by Crippen LogP contribution is -2.19. The topological polar surface area (TPSA) is 84.0 Å². The summed E-state index contributed by atoms with van der Waals surface area (Å²) in [6.45, 7) is 3.53. The largest absolute Gasteiger partial charge is 0.359 e. The van der Waals surface area contributed by atoms with Crippen molar-refractivity contribution < 1.29 is 9.59 Å². The number of fused-ring (bicyclic) bond motifs is 2. The molecule has 4 aromatic rings. The van der Waals surface area contributed by atoms with E-state index in [9.17, 15) is 9.59 Å². The Kier molecular flexibility index (Phi) is 5.14. The van der Waals surface area contributed by atoms with Crippen molar-refractivity contribution in [3.8, 4) is 11.4 Å². The molecule has 6 heteroatoms. The average Bonchev–Trinajstić information content (AvgIpc) is 2.72. The zero-order valence-corrected chi connectivity index (χ0v) is 17.1. The quantitative estimate of drug-likeness (QED) is 0.544. The third-order valence-electron chi connectivity index (χ3n) is 5.00. The number of pyridine rings is 2. The Bertz CT molecular complexity index is 1300. The van der Waals surface area contributed by atoms with Crippen LogP contribution in [0.15, 0.2) is 54.6 Å². The van der Waals surface area contributed by atoms with Crippen LogP contribution in [-0.2, 0) is 16.0 Å². The number of likely N-dealkylation sites (N-methyl/N-ethyl adjacent to an activating group) is 1. The number of aryl methyl sites for hydroxylation is 1. The number of aromatic nitrogens is 2. The van der Waals surface area contributed by atoms with Crippen LogP contribution >= 0.6 is 0 Å². The Morgan fingerprint density at radius 2 is 1.70 bits per heavy atom. The van der Waals surface area contributed by atoms with E-state index in [-0.39, 0.29) is 11.8 Å². The summed E-state index contributed by atoms with van der Waals surface area (Å²) in [5.74, 6) is -0.136. The lowest BCUT2D eigenvalue weighted by Gasteiger charge is -2.09. The van der Waals surface area contributed by atoms with Crippen LogP contribution in [0.25, 0.3) is 33.2 Å². The number of carbonyl (C=O) groups is 2. The minimum atomic E-state index is -0.106. The molecule has 2 heterocycles. The van der Waals surface area contributed by atoms with Crippen LogP contribution < -0.4 is 10.6 Å². The summed E-state index contributed by atoms with van der Waals surface area (Å²) in [7, 11) is 1.63. The molecule has 0 spiro atoms. The van der Waals surface area contributed by atoms with E-state index < -0.39 is 0 Å². The number of benzene rings is 2. The van der Waals surface area contributed by atoms with Crippen molar-refractivity contribution in [2.75, 3.05) is 12.4 Å². The molecule has 0 unspecified atom stereocenters. The maximum Gasteiger partial charge on any atom is 0.224 e. The molecule has 6 nitrogen and oxygen atoms in total. The third kappa shape index (κ3) is 3.98. The zero-order valence-electron chi connectivity index (χ0n) is 17.1. The smallest absolute Gasteiger partial charge is 0.224 e. The molecule has 0 fully saturated rings. The molecule has 0 aliphatic rings. The normalized spacial score (nSPS) is 10.9. The first-order valence-corrected chi connectivity index (χ1v) is 9.72. The number of hydrogen-bond acceptors (Lipinski definition) is 4. The van der Waals surface area contributed by atoms with E-state index in [4.69, 9.17) is 9.97 Å². The highest BCUT2D eigenvalue weighted by molar-refractivity contribution is 5.93. The van der Waals surface area contributed by atoms with Crippen molar-refractivity contribution >= 4 is 39.3 Å². The zero-order chi connectivity index (χ0) is 21.3. The Morgan fingerprint density at radius 3 is 2.47 bits per heavy atom. The molecule has 0 atom stereocenters. The molecule has 0 bridgehead atoms. The minimum Gasteiger partial charge on any atom is -0.359 e. The van der Waals surface area contributed by atoms with Gasteiger partial charge in [0.25, 0.3) is 0 Å². The number of nitrogens with one attached hydrogen (secondary N) is 2. The molecule has 0 saturated carbocycles. The summed E-state index contributed by atoms with van der Waals surface area (Å²) < 4.78 is 0. The first kappa shape index (κ1) is 19.5. The van der Waals surface area contributed by atoms with Crippen LogP contribution in [0.4, 0.5) is 5.69 Å². The standard InChI is InChI=1S/C24H22N4O2/c1-14-10-23(28-22-11-16(4-7-19(14)22)12-24(30)25-3)21-8-5-17-13-18(26-15(2)29)6-9-20(17)27-21/h4-11,13H,12H2,1-3H3,(H,25,30)(H,26,29). The van der Waals surface area contributed by atoms with Crippen molar-refractivity contribution in [3.05, 3.63) is 65.7 Å². The summed E-state index contributed by atoms with van der Waals surface area (Å²) in [6, 6.07) is 17.5. The monoisotopic (exact) mass is 398 g/mol. The lowest BCUT2D eigenvalue weighted by molar-refractivity contribution is -0.120. The molecule has 150 valence electrons. The van der Waals surface area contributed by atoms with Gasteiger partial charge in [-0.2, -0.15) is 0 Å². The van der Waals surface area contributed by atoms with Crippen LogP contribution in [0, 0.1) is 6.92 Å². The van der Waals surface area contributed by atoms with Gasteiger partial charge in [0, 0.05) is 30.4 Å². The molecular weight excluding hydrogens is 376 g/mol. The van der Waals surface area contributed by atoms with E-state index in [1.165, 1.54) is 6.92 Å². The van der Waals surface area contributed by atoms with Gasteiger partial charge < -0.3 is 10.6 Å². The molecule has 2 aromatic heterocycles. The highest BCUT2D eigenvalue weighted by atomic mass is 16.2. The summed E-state index contributed by atoms with van der Waals surface area (Å²) >= 11 is 0. The first-order valence-electron chi connectivity index (χ1n) is 9.72. The second kappa shape index (κ2) is 7.91. The van der Waals surface area contributed by atoms with E-state index in [2.05, 4.69) is 10.6 Å². The van der Waals surface area contributed by atoms with E-state index in [0.717, 1.165) is 50.0 Å². The van der Waals surface area contributed by atoms with Gasteiger partial charge in [-0.05, 0) is 54.4 Å². The molecule has 2 amide bonds. The van der Waals surface area contributed by atoms with E-state index in [0.29, 0.717) is 6.42 Å². The van der Waals surface area contributed by atoms with Gasteiger partial charge in [0.1, 0.15) is 0 Å². The van der Waals surface area contributed by atoms with Gasteiger partial charge in [0.05, 0.1) is 28.8 Å². The molecule has 2 N–H and O–H groups in total. The SMILES string of the molecule is CNC(=O)Cc1ccc2c(C)cc(-c3ccc4cc(NC(C)=O)ccc4n3)nc2c1. The predicted molar refractivity (Wildman–Crippen MR) is 119 cm³/mol. The van der Waals surface area contributed by atoms with E-state index >= 15 is 0 Å². The summed E-state index contributed by atoms with van der Waals surface area (Å²) in [6.07, 6.45) is 0.322. The van der Waals surface area contributed by atoms with Crippen LogP contribution in [0.3, 0.4) is 0 Å². The van der Waals surface area contributed by atoms with Crippen molar-refractivity contribution in [3.63, 3.8) is 0 Å². The summed E-state index contributed by atoms with van der Waals surface area (Å²) in [4.78, 5) is 32.6. The van der Waals surface area contributed by atoms with Gasteiger partial charge >= 0.3 is 0 Å². The van der Waals surface area contributed by atoms with Crippen molar-refractivity contribution in [1.82, 2.24) is 15.3 Å². The average molecular weight is 398 g/mol. The van der Waals surface area contributed by atoms with Crippen LogP contribution in [0.5, 0.6) is 0 Å². The van der Waals surface area contributed by atoms with Crippen molar-refractivity contribution in [1.29, 1.82) is 0 Å². The fourth-order valence-electron chi connectivity index (χ4n) is 3.51. The minimum absolute atomic E-state index is 0.0305. The molecule has 2 aromatic carbocycles. The molecule has 0 radical (unpaired) electrons. The lowest BCUT2D eigenvalue weighted by atomic mass is 10.0. The van der Waals surface area contributed by atoms with Crippen molar-refractivity contribution in [2.24, 2.45) is 0 Å². The Labute approximate surface area is 174 Å². The van der Waals surface area contributed by atoms with Crippen LogP contribution in [-0.4, -0.2) is 28.8 Å². The fraction of sp³-hybridized carbons (Fsp3) is 0.167. The maximum absolute atomic E-state index is 11.7. The van der Waals surface area contributed by atoms with Gasteiger partial charge in [-0.15, -0.1) is 0 Å². The van der Waals surface area contributed by atoms with Crippen LogP contribution in [0.1, 0.15) is 18.1 Å². The van der Waals surface area contributed by atoms with Gasteiger partial charge in [0.2, 0.25) is 11.8 Å². The molecular formula is C24H22N4O2. The highest BCUT2D eigenvalue weighted by Gasteiger charge is 2.10. The predicted octanol–water partition coefficient (Wildman–Crippen LogP) is 4.01. The molecule has 4 rings (SSSR count). The van der Waals surface area contributed by atoms with Gasteiger partial charge in [0.15, 0.2) is 0 Å². The Balaban J connectivity index is 1.74. The molecule has 0 aliphatic heterocycles. The third-order valence-corrected chi connectivity index (χ3v) is 5.00. The molecule has 30 heavy (non-hydrogen) atoms. The Hall–Kier alpha value is -3.80. The number of hydrogen-bond donors (Lipinski definition) is 2.